The van der Waals surface area contributed by atoms with E-state index in [0.717, 1.165) is 12.4 Å². The quantitative estimate of drug-likeness (QED) is 0.382. The predicted molar refractivity (Wildman–Crippen MR) is 76.5 cm³/mol. The summed E-state index contributed by atoms with van der Waals surface area (Å²) in [7, 11) is 0. The number of hydrogen-bond donors (Lipinski definition) is 1. The smallest absolute Gasteiger partial charge is 0.0547 e. The maximum Gasteiger partial charge on any atom is 0.0547 e. The first kappa shape index (κ1) is 16.3. The van der Waals surface area contributed by atoms with Crippen molar-refractivity contribution in [1.82, 2.24) is 0 Å². The highest BCUT2D eigenvalue weighted by Crippen LogP contribution is 2.09. The van der Waals surface area contributed by atoms with Crippen LogP contribution in [0.2, 0.25) is 0 Å². The van der Waals surface area contributed by atoms with Crippen LogP contribution in [0.25, 0.3) is 0 Å². The zero-order valence-corrected chi connectivity index (χ0v) is 12.1. The molecule has 0 rings (SSSR count). The van der Waals surface area contributed by atoms with E-state index in [1.54, 1.807) is 0 Å². The van der Waals surface area contributed by atoms with E-state index in [4.69, 9.17) is 4.74 Å². The van der Waals surface area contributed by atoms with Crippen molar-refractivity contribution < 1.29 is 4.74 Å². The molecule has 0 bridgehead atoms. The van der Waals surface area contributed by atoms with Gasteiger partial charge in [-0.25, -0.2) is 0 Å². The Morgan fingerprint density at radius 2 is 1.62 bits per heavy atom. The first-order chi connectivity index (χ1) is 7.81. The molecule has 98 valence electrons. The van der Waals surface area contributed by atoms with Crippen LogP contribution in [0.3, 0.4) is 0 Å². The van der Waals surface area contributed by atoms with Crippen molar-refractivity contribution in [3.05, 3.63) is 0 Å². The average molecular weight is 246 g/mol. The van der Waals surface area contributed by atoms with Crippen molar-refractivity contribution in [2.24, 2.45) is 0 Å². The van der Waals surface area contributed by atoms with Crippen LogP contribution >= 0.6 is 12.6 Å². The third kappa shape index (κ3) is 12.4. The van der Waals surface area contributed by atoms with Crippen molar-refractivity contribution in [3.63, 3.8) is 0 Å². The lowest BCUT2D eigenvalue weighted by molar-refractivity contribution is 0.0558. The van der Waals surface area contributed by atoms with E-state index in [2.05, 4.69) is 26.5 Å². The van der Waals surface area contributed by atoms with Crippen LogP contribution in [0, 0.1) is 0 Å². The lowest BCUT2D eigenvalue weighted by Crippen LogP contribution is -2.09. The first-order valence-electron chi connectivity index (χ1n) is 7.03. The van der Waals surface area contributed by atoms with E-state index in [1.165, 1.54) is 57.8 Å². The van der Waals surface area contributed by atoms with Gasteiger partial charge in [0.15, 0.2) is 0 Å². The summed E-state index contributed by atoms with van der Waals surface area (Å²) in [5.41, 5.74) is 0. The predicted octanol–water partition coefficient (Wildman–Crippen LogP) is 4.85. The van der Waals surface area contributed by atoms with Crippen molar-refractivity contribution >= 4 is 12.6 Å². The molecule has 0 N–H and O–H groups in total. The Hall–Kier alpha value is 0.310. The fourth-order valence-corrected chi connectivity index (χ4v) is 2.02. The van der Waals surface area contributed by atoms with Gasteiger partial charge < -0.3 is 4.74 Å². The summed E-state index contributed by atoms with van der Waals surface area (Å²) in [5, 5.41) is 0. The molecule has 0 aliphatic rings. The topological polar surface area (TPSA) is 9.23 Å². The Bertz CT molecular complexity index is 128. The maximum absolute atomic E-state index is 5.78. The highest BCUT2D eigenvalue weighted by Gasteiger charge is 2.01. The molecule has 1 nitrogen and oxygen atoms in total. The van der Waals surface area contributed by atoms with Crippen LogP contribution in [0.4, 0.5) is 0 Å². The number of ether oxygens (including phenoxy) is 1. The van der Waals surface area contributed by atoms with Crippen LogP contribution in [-0.4, -0.2) is 18.5 Å². The fraction of sp³-hybridized carbons (Fsp3) is 1.00. The molecule has 0 amide bonds. The van der Waals surface area contributed by atoms with Gasteiger partial charge in [0.2, 0.25) is 0 Å². The van der Waals surface area contributed by atoms with Crippen molar-refractivity contribution in [3.8, 4) is 0 Å². The van der Waals surface area contributed by atoms with Crippen LogP contribution in [-0.2, 0) is 4.74 Å². The number of unbranched alkanes of at least 4 members (excludes halogenated alkanes) is 6. The minimum absolute atomic E-state index is 0.460. The normalized spacial score (nSPS) is 12.9. The fourth-order valence-electron chi connectivity index (χ4n) is 1.79. The summed E-state index contributed by atoms with van der Waals surface area (Å²) in [6, 6.07) is 0. The Kier molecular flexibility index (Phi) is 13.6. The molecule has 0 heterocycles. The van der Waals surface area contributed by atoms with Gasteiger partial charge in [0.25, 0.3) is 0 Å². The summed E-state index contributed by atoms with van der Waals surface area (Å²) in [6.07, 6.45) is 12.1. The highest BCUT2D eigenvalue weighted by atomic mass is 32.1. The van der Waals surface area contributed by atoms with Crippen LogP contribution in [0.5, 0.6) is 0 Å². The zero-order chi connectivity index (χ0) is 12.1. The average Bonchev–Trinajstić information content (AvgIpc) is 2.29. The first-order valence-corrected chi connectivity index (χ1v) is 7.67. The molecule has 0 spiro atoms. The van der Waals surface area contributed by atoms with Crippen LogP contribution in [0.1, 0.15) is 71.6 Å². The second-order valence-corrected chi connectivity index (χ2v) is 5.12. The summed E-state index contributed by atoms with van der Waals surface area (Å²) in [5.74, 6) is 1.02. The standard InChI is InChI=1S/C14H30OS/c1-3-4-5-8-11-14(2)15-12-9-6-7-10-13-16/h14,16H,3-13H2,1-2H3. The van der Waals surface area contributed by atoms with Crippen molar-refractivity contribution in [1.29, 1.82) is 0 Å². The third-order valence-corrected chi connectivity index (χ3v) is 3.24. The summed E-state index contributed by atoms with van der Waals surface area (Å²) < 4.78 is 5.78. The van der Waals surface area contributed by atoms with Crippen molar-refractivity contribution in [2.45, 2.75) is 77.7 Å². The van der Waals surface area contributed by atoms with E-state index in [9.17, 15) is 0 Å². The summed E-state index contributed by atoms with van der Waals surface area (Å²) >= 11 is 4.20. The number of thiol groups is 1. The molecule has 0 saturated heterocycles. The maximum atomic E-state index is 5.78. The molecule has 1 unspecified atom stereocenters. The second-order valence-electron chi connectivity index (χ2n) is 4.67. The molecule has 1 atom stereocenters. The molecular weight excluding hydrogens is 216 g/mol. The molecule has 0 aromatic rings. The van der Waals surface area contributed by atoms with Gasteiger partial charge in [-0.05, 0) is 31.9 Å². The lowest BCUT2D eigenvalue weighted by Gasteiger charge is -2.12. The van der Waals surface area contributed by atoms with Gasteiger partial charge in [-0.2, -0.15) is 12.6 Å². The molecule has 16 heavy (non-hydrogen) atoms. The largest absolute Gasteiger partial charge is 0.379 e. The van der Waals surface area contributed by atoms with E-state index >= 15 is 0 Å². The summed E-state index contributed by atoms with van der Waals surface area (Å²) in [4.78, 5) is 0. The molecule has 0 aliphatic heterocycles. The molecular formula is C14H30OS. The second kappa shape index (κ2) is 13.4. The van der Waals surface area contributed by atoms with Gasteiger partial charge in [-0.15, -0.1) is 0 Å². The molecule has 0 aliphatic carbocycles. The Balaban J connectivity index is 3.08. The van der Waals surface area contributed by atoms with Crippen molar-refractivity contribution in [2.75, 3.05) is 12.4 Å². The van der Waals surface area contributed by atoms with Gasteiger partial charge in [-0.1, -0.05) is 45.4 Å². The van der Waals surface area contributed by atoms with E-state index < -0.39 is 0 Å². The van der Waals surface area contributed by atoms with Gasteiger partial charge in [0.1, 0.15) is 0 Å². The summed E-state index contributed by atoms with van der Waals surface area (Å²) in [6.45, 7) is 5.41. The van der Waals surface area contributed by atoms with E-state index in [0.29, 0.717) is 6.10 Å². The van der Waals surface area contributed by atoms with Gasteiger partial charge in [-0.3, -0.25) is 0 Å². The number of hydrogen-bond acceptors (Lipinski definition) is 2. The Morgan fingerprint density at radius 3 is 2.31 bits per heavy atom. The van der Waals surface area contributed by atoms with E-state index in [1.807, 2.05) is 0 Å². The molecule has 0 aromatic heterocycles. The SMILES string of the molecule is CCCCCCC(C)OCCCCCCS. The molecule has 0 fully saturated rings. The van der Waals surface area contributed by atoms with Gasteiger partial charge in [0, 0.05) is 6.61 Å². The van der Waals surface area contributed by atoms with Crippen LogP contribution in [0.15, 0.2) is 0 Å². The number of rotatable bonds is 12. The molecule has 0 radical (unpaired) electrons. The minimum Gasteiger partial charge on any atom is -0.379 e. The highest BCUT2D eigenvalue weighted by molar-refractivity contribution is 7.80. The Morgan fingerprint density at radius 1 is 0.938 bits per heavy atom. The van der Waals surface area contributed by atoms with Crippen LogP contribution < -0.4 is 0 Å². The van der Waals surface area contributed by atoms with E-state index in [-0.39, 0.29) is 0 Å². The molecule has 0 saturated carbocycles. The minimum atomic E-state index is 0.460. The van der Waals surface area contributed by atoms with Gasteiger partial charge in [0.05, 0.1) is 6.10 Å². The molecule has 0 aromatic carbocycles. The monoisotopic (exact) mass is 246 g/mol. The third-order valence-electron chi connectivity index (χ3n) is 2.92. The zero-order valence-electron chi connectivity index (χ0n) is 11.2. The lowest BCUT2D eigenvalue weighted by atomic mass is 10.1. The Labute approximate surface area is 108 Å². The molecule has 2 heteroatoms. The van der Waals surface area contributed by atoms with Gasteiger partial charge >= 0.3 is 0 Å².